The molecule has 0 aliphatic carbocycles. The Balaban J connectivity index is 2.49. The van der Waals surface area contributed by atoms with Crippen molar-refractivity contribution >= 4 is 17.4 Å². The molecule has 78 valence electrons. The molecule has 0 atom stereocenters. The van der Waals surface area contributed by atoms with Gasteiger partial charge in [-0.25, -0.2) is 4.68 Å². The van der Waals surface area contributed by atoms with Crippen molar-refractivity contribution in [3.8, 4) is 0 Å². The summed E-state index contributed by atoms with van der Waals surface area (Å²) in [6.07, 6.45) is 1.12. The van der Waals surface area contributed by atoms with Gasteiger partial charge in [-0.2, -0.15) is 5.10 Å². The van der Waals surface area contributed by atoms with Crippen LogP contribution < -0.4 is 5.32 Å². The Kier molecular flexibility index (Phi) is 2.22. The zero-order valence-corrected chi connectivity index (χ0v) is 9.65. The predicted octanol–water partition coefficient (Wildman–Crippen LogP) is 2.65. The lowest BCUT2D eigenvalue weighted by Gasteiger charge is -2.15. The molecular formula is C10H16ClN3. The van der Waals surface area contributed by atoms with Crippen LogP contribution in [0.3, 0.4) is 0 Å². The number of fused-ring (bicyclic) bond motifs is 1. The van der Waals surface area contributed by atoms with E-state index in [1.54, 1.807) is 0 Å². The summed E-state index contributed by atoms with van der Waals surface area (Å²) in [5.41, 5.74) is 1.01. The first-order chi connectivity index (χ1) is 6.50. The second kappa shape index (κ2) is 3.16. The molecule has 0 saturated heterocycles. The van der Waals surface area contributed by atoms with Crippen LogP contribution in [0.1, 0.15) is 32.9 Å². The van der Waals surface area contributed by atoms with Gasteiger partial charge in [0.05, 0.1) is 5.69 Å². The Morgan fingerprint density at radius 3 is 2.71 bits per heavy atom. The number of rotatable bonds is 0. The van der Waals surface area contributed by atoms with Gasteiger partial charge < -0.3 is 5.32 Å². The Morgan fingerprint density at radius 1 is 1.43 bits per heavy atom. The largest absolute Gasteiger partial charge is 0.369 e. The second-order valence-electron chi connectivity index (χ2n) is 4.76. The van der Waals surface area contributed by atoms with Gasteiger partial charge in [-0.15, -0.1) is 0 Å². The molecule has 0 fully saturated rings. The molecule has 0 aromatic carbocycles. The van der Waals surface area contributed by atoms with Crippen LogP contribution in [-0.4, -0.2) is 16.3 Å². The molecule has 0 bridgehead atoms. The lowest BCUT2D eigenvalue weighted by molar-refractivity contribution is 0.518. The molecule has 0 radical (unpaired) electrons. The van der Waals surface area contributed by atoms with E-state index in [4.69, 9.17) is 11.6 Å². The Labute approximate surface area is 89.4 Å². The van der Waals surface area contributed by atoms with Crippen LogP contribution in [0, 0.1) is 0 Å². The van der Waals surface area contributed by atoms with Gasteiger partial charge in [-0.1, -0.05) is 32.4 Å². The molecule has 1 N–H and O–H groups in total. The van der Waals surface area contributed by atoms with E-state index in [2.05, 4.69) is 31.2 Å². The summed E-state index contributed by atoms with van der Waals surface area (Å²) in [5.74, 6) is 0.989. The monoisotopic (exact) mass is 213 g/mol. The molecule has 14 heavy (non-hydrogen) atoms. The lowest BCUT2D eigenvalue weighted by Crippen LogP contribution is -2.18. The smallest absolute Gasteiger partial charge is 0.143 e. The van der Waals surface area contributed by atoms with Gasteiger partial charge in [-0.05, 0) is 6.42 Å². The van der Waals surface area contributed by atoms with Crippen molar-refractivity contribution in [2.24, 2.45) is 0 Å². The molecule has 1 aliphatic heterocycles. The van der Waals surface area contributed by atoms with Crippen molar-refractivity contribution < 1.29 is 0 Å². The number of hydrogen-bond acceptors (Lipinski definition) is 2. The van der Waals surface area contributed by atoms with Gasteiger partial charge >= 0.3 is 0 Å². The maximum Gasteiger partial charge on any atom is 0.143 e. The normalized spacial score (nSPS) is 16.3. The number of aromatic nitrogens is 2. The molecule has 0 unspecified atom stereocenters. The summed E-state index contributed by atoms with van der Waals surface area (Å²) < 4.78 is 1.98. The summed E-state index contributed by atoms with van der Waals surface area (Å²) in [5, 5.41) is 8.62. The topological polar surface area (TPSA) is 29.9 Å². The van der Waals surface area contributed by atoms with Gasteiger partial charge in [-0.3, -0.25) is 0 Å². The highest BCUT2D eigenvalue weighted by atomic mass is 35.5. The fourth-order valence-corrected chi connectivity index (χ4v) is 2.17. The first-order valence-electron chi connectivity index (χ1n) is 5.01. The van der Waals surface area contributed by atoms with Gasteiger partial charge in [0.2, 0.25) is 0 Å². The van der Waals surface area contributed by atoms with Gasteiger partial charge in [0, 0.05) is 18.5 Å². The number of halogens is 1. The third-order valence-electron chi connectivity index (χ3n) is 2.44. The molecule has 0 amide bonds. The molecule has 2 rings (SSSR count). The van der Waals surface area contributed by atoms with Crippen LogP contribution in [0.2, 0.25) is 5.02 Å². The van der Waals surface area contributed by atoms with E-state index in [-0.39, 0.29) is 5.41 Å². The first-order valence-corrected chi connectivity index (χ1v) is 5.38. The summed E-state index contributed by atoms with van der Waals surface area (Å²) in [4.78, 5) is 0. The SMILES string of the molecule is CC(C)(C)c1nn2c(c1Cl)NCCC2. The maximum absolute atomic E-state index is 6.28. The standard InChI is InChI=1S/C10H16ClN3/c1-10(2,3)8-7(11)9-12-5-4-6-14(9)13-8/h12H,4-6H2,1-3H3. The Morgan fingerprint density at radius 2 is 2.14 bits per heavy atom. The zero-order valence-electron chi connectivity index (χ0n) is 8.89. The predicted molar refractivity (Wildman–Crippen MR) is 59.0 cm³/mol. The van der Waals surface area contributed by atoms with Crippen LogP contribution in [0.4, 0.5) is 5.82 Å². The van der Waals surface area contributed by atoms with Gasteiger partial charge in [0.15, 0.2) is 0 Å². The van der Waals surface area contributed by atoms with Crippen molar-refractivity contribution in [2.45, 2.75) is 39.2 Å². The number of aryl methyl sites for hydroxylation is 1. The molecule has 1 aromatic rings. The van der Waals surface area contributed by atoms with Crippen LogP contribution >= 0.6 is 11.6 Å². The third kappa shape index (κ3) is 1.50. The minimum absolute atomic E-state index is 0.0170. The maximum atomic E-state index is 6.28. The zero-order chi connectivity index (χ0) is 10.3. The fourth-order valence-electron chi connectivity index (χ4n) is 1.69. The second-order valence-corrected chi connectivity index (χ2v) is 5.14. The summed E-state index contributed by atoms with van der Waals surface area (Å²) in [6.45, 7) is 8.36. The molecule has 1 aromatic heterocycles. The van der Waals surface area contributed by atoms with Crippen molar-refractivity contribution in [2.75, 3.05) is 11.9 Å². The summed E-state index contributed by atoms with van der Waals surface area (Å²) in [7, 11) is 0. The molecule has 4 heteroatoms. The average molecular weight is 214 g/mol. The fraction of sp³-hybridized carbons (Fsp3) is 0.700. The Hall–Kier alpha value is -0.700. The first kappa shape index (κ1) is 9.84. The van der Waals surface area contributed by atoms with E-state index in [0.29, 0.717) is 0 Å². The van der Waals surface area contributed by atoms with Crippen molar-refractivity contribution in [3.05, 3.63) is 10.7 Å². The van der Waals surface area contributed by atoms with Crippen LogP contribution in [0.25, 0.3) is 0 Å². The quantitative estimate of drug-likeness (QED) is 0.718. The molecule has 1 aliphatic rings. The van der Waals surface area contributed by atoms with E-state index in [9.17, 15) is 0 Å². The van der Waals surface area contributed by atoms with E-state index in [1.165, 1.54) is 0 Å². The molecule has 0 spiro atoms. The van der Waals surface area contributed by atoms with E-state index in [1.807, 2.05) is 4.68 Å². The molecule has 2 heterocycles. The summed E-state index contributed by atoms with van der Waals surface area (Å²) >= 11 is 6.28. The highest BCUT2D eigenvalue weighted by molar-refractivity contribution is 6.33. The molecular weight excluding hydrogens is 198 g/mol. The third-order valence-corrected chi connectivity index (χ3v) is 2.80. The minimum Gasteiger partial charge on any atom is -0.369 e. The van der Waals surface area contributed by atoms with Crippen LogP contribution in [0.5, 0.6) is 0 Å². The number of nitrogens with zero attached hydrogens (tertiary/aromatic N) is 2. The van der Waals surface area contributed by atoms with E-state index >= 15 is 0 Å². The molecule has 0 saturated carbocycles. The molecule has 3 nitrogen and oxygen atoms in total. The number of hydrogen-bond donors (Lipinski definition) is 1. The highest BCUT2D eigenvalue weighted by Gasteiger charge is 2.26. The van der Waals surface area contributed by atoms with Gasteiger partial charge in [0.25, 0.3) is 0 Å². The average Bonchev–Trinajstić information content (AvgIpc) is 2.44. The highest BCUT2D eigenvalue weighted by Crippen LogP contribution is 2.35. The van der Waals surface area contributed by atoms with E-state index < -0.39 is 0 Å². The van der Waals surface area contributed by atoms with Crippen molar-refractivity contribution in [3.63, 3.8) is 0 Å². The van der Waals surface area contributed by atoms with Crippen LogP contribution in [0.15, 0.2) is 0 Å². The lowest BCUT2D eigenvalue weighted by atomic mass is 9.92. The Bertz CT molecular complexity index is 349. The minimum atomic E-state index is 0.0170. The van der Waals surface area contributed by atoms with Crippen LogP contribution in [-0.2, 0) is 12.0 Å². The summed E-state index contributed by atoms with van der Waals surface area (Å²) in [6, 6.07) is 0. The van der Waals surface area contributed by atoms with Crippen molar-refractivity contribution in [1.82, 2.24) is 9.78 Å². The van der Waals surface area contributed by atoms with Gasteiger partial charge in [0.1, 0.15) is 10.8 Å². The van der Waals surface area contributed by atoms with E-state index in [0.717, 1.165) is 36.0 Å². The van der Waals surface area contributed by atoms with Crippen molar-refractivity contribution in [1.29, 1.82) is 0 Å². The number of nitrogens with one attached hydrogen (secondary N) is 1. The number of anilines is 1.